The number of non-ortho nitro benzene ring substituents is 1. The van der Waals surface area contributed by atoms with Gasteiger partial charge in [0.25, 0.3) is 5.69 Å². The predicted molar refractivity (Wildman–Crippen MR) is 63.0 cm³/mol. The van der Waals surface area contributed by atoms with Crippen LogP contribution in [0.3, 0.4) is 0 Å². The Kier molecular flexibility index (Phi) is 3.26. The van der Waals surface area contributed by atoms with Gasteiger partial charge in [-0.3, -0.25) is 10.1 Å². The summed E-state index contributed by atoms with van der Waals surface area (Å²) in [6.07, 6.45) is 0. The number of halogens is 1. The van der Waals surface area contributed by atoms with Crippen molar-refractivity contribution in [2.24, 2.45) is 0 Å². The van der Waals surface area contributed by atoms with E-state index in [0.717, 1.165) is 5.52 Å². The van der Waals surface area contributed by atoms with E-state index in [9.17, 15) is 10.1 Å². The maximum Gasteiger partial charge on any atom is 0.271 e. The number of nitrogens with zero attached hydrogens (tertiary/aromatic N) is 3. The second-order valence-electron chi connectivity index (χ2n) is 3.47. The Labute approximate surface area is 102 Å². The highest BCUT2D eigenvalue weighted by Crippen LogP contribution is 2.22. The molecule has 0 bridgehead atoms. The van der Waals surface area contributed by atoms with Crippen LogP contribution in [0.1, 0.15) is 5.82 Å². The molecular formula is C10H10ClN3O3. The van der Waals surface area contributed by atoms with Crippen LogP contribution in [0.25, 0.3) is 11.0 Å². The molecule has 0 fully saturated rings. The number of imidazole rings is 1. The fourth-order valence-electron chi connectivity index (χ4n) is 1.73. The predicted octanol–water partition coefficient (Wildman–Crippen LogP) is 1.68. The molecule has 0 saturated heterocycles. The molecule has 2 rings (SSSR count). The minimum absolute atomic E-state index is 0.00716. The van der Waals surface area contributed by atoms with Gasteiger partial charge >= 0.3 is 0 Å². The normalized spacial score (nSPS) is 10.9. The van der Waals surface area contributed by atoms with Crippen LogP contribution in [0.15, 0.2) is 18.2 Å². The fourth-order valence-corrected chi connectivity index (χ4v) is 1.94. The van der Waals surface area contributed by atoms with E-state index < -0.39 is 4.92 Å². The standard InChI is InChI=1S/C10H10ClN3O3/c11-6-10-12-8-5-7(14(16)17)1-2-9(8)13(10)3-4-15/h1-2,5,15H,3-4,6H2. The number of rotatable bonds is 4. The summed E-state index contributed by atoms with van der Waals surface area (Å²) in [5, 5.41) is 19.6. The van der Waals surface area contributed by atoms with Crippen molar-refractivity contribution in [1.29, 1.82) is 0 Å². The first-order chi connectivity index (χ1) is 8.17. The molecule has 0 unspecified atom stereocenters. The molecule has 1 N–H and O–H groups in total. The molecule has 0 aliphatic heterocycles. The van der Waals surface area contributed by atoms with Crippen LogP contribution in [0.5, 0.6) is 0 Å². The van der Waals surface area contributed by atoms with Crippen LogP contribution in [0.2, 0.25) is 0 Å². The van der Waals surface area contributed by atoms with Crippen LogP contribution in [0.4, 0.5) is 5.69 Å². The van der Waals surface area contributed by atoms with E-state index in [1.165, 1.54) is 12.1 Å². The molecule has 0 saturated carbocycles. The SMILES string of the molecule is O=[N+]([O-])c1ccc2c(c1)nc(CCl)n2CCO. The van der Waals surface area contributed by atoms with E-state index >= 15 is 0 Å². The number of nitro groups is 1. The summed E-state index contributed by atoms with van der Waals surface area (Å²) in [6, 6.07) is 4.43. The van der Waals surface area contributed by atoms with Gasteiger partial charge < -0.3 is 9.67 Å². The van der Waals surface area contributed by atoms with Gasteiger partial charge in [0.15, 0.2) is 0 Å². The number of aliphatic hydroxyl groups is 1. The van der Waals surface area contributed by atoms with Gasteiger partial charge in [0.05, 0.1) is 28.4 Å². The highest BCUT2D eigenvalue weighted by atomic mass is 35.5. The molecule has 0 atom stereocenters. The second-order valence-corrected chi connectivity index (χ2v) is 3.73. The van der Waals surface area contributed by atoms with Crippen LogP contribution in [-0.2, 0) is 12.4 Å². The lowest BCUT2D eigenvalue weighted by Crippen LogP contribution is -2.05. The Bertz CT molecular complexity index is 567. The van der Waals surface area contributed by atoms with Crippen molar-refractivity contribution in [3.63, 3.8) is 0 Å². The second kappa shape index (κ2) is 4.68. The number of hydrogen-bond acceptors (Lipinski definition) is 4. The first-order valence-corrected chi connectivity index (χ1v) is 5.51. The number of alkyl halides is 1. The van der Waals surface area contributed by atoms with Gasteiger partial charge in [-0.05, 0) is 6.07 Å². The number of fused-ring (bicyclic) bond motifs is 1. The first-order valence-electron chi connectivity index (χ1n) is 4.97. The molecule has 1 heterocycles. The molecule has 0 spiro atoms. The lowest BCUT2D eigenvalue weighted by Gasteiger charge is -2.04. The summed E-state index contributed by atoms with van der Waals surface area (Å²) in [5.74, 6) is 0.791. The third-order valence-corrected chi connectivity index (χ3v) is 2.70. The number of aromatic nitrogens is 2. The molecule has 7 heteroatoms. The van der Waals surface area contributed by atoms with Crippen molar-refractivity contribution in [3.05, 3.63) is 34.1 Å². The smallest absolute Gasteiger partial charge is 0.271 e. The highest BCUT2D eigenvalue weighted by Gasteiger charge is 2.13. The summed E-state index contributed by atoms with van der Waals surface area (Å²) in [5.41, 5.74) is 1.25. The average molecular weight is 256 g/mol. The molecule has 0 amide bonds. The number of nitro benzene ring substituents is 1. The molecule has 1 aromatic heterocycles. The quantitative estimate of drug-likeness (QED) is 0.512. The van der Waals surface area contributed by atoms with E-state index in [1.807, 2.05) is 0 Å². The maximum atomic E-state index is 10.6. The van der Waals surface area contributed by atoms with Crippen LogP contribution in [0, 0.1) is 10.1 Å². The molecule has 0 radical (unpaired) electrons. The summed E-state index contributed by atoms with van der Waals surface area (Å²) < 4.78 is 1.76. The van der Waals surface area contributed by atoms with Gasteiger partial charge in [-0.15, -0.1) is 11.6 Å². The Morgan fingerprint density at radius 1 is 1.53 bits per heavy atom. The highest BCUT2D eigenvalue weighted by molar-refractivity contribution is 6.16. The van der Waals surface area contributed by atoms with Crippen molar-refractivity contribution < 1.29 is 10.0 Å². The Morgan fingerprint density at radius 2 is 2.29 bits per heavy atom. The van der Waals surface area contributed by atoms with Crippen LogP contribution in [-0.4, -0.2) is 26.2 Å². The largest absolute Gasteiger partial charge is 0.395 e. The molecular weight excluding hydrogens is 246 g/mol. The summed E-state index contributed by atoms with van der Waals surface area (Å²) in [6.45, 7) is 0.336. The third kappa shape index (κ3) is 2.09. The lowest BCUT2D eigenvalue weighted by atomic mass is 10.3. The van der Waals surface area contributed by atoms with E-state index in [-0.39, 0.29) is 18.2 Å². The van der Waals surface area contributed by atoms with Crippen molar-refractivity contribution in [2.75, 3.05) is 6.61 Å². The zero-order valence-corrected chi connectivity index (χ0v) is 9.59. The van der Waals surface area contributed by atoms with Crippen molar-refractivity contribution in [1.82, 2.24) is 9.55 Å². The molecule has 6 nitrogen and oxygen atoms in total. The molecule has 0 aliphatic carbocycles. The maximum absolute atomic E-state index is 10.6. The van der Waals surface area contributed by atoms with E-state index in [4.69, 9.17) is 16.7 Å². The third-order valence-electron chi connectivity index (χ3n) is 2.46. The summed E-state index contributed by atoms with van der Waals surface area (Å²) in [7, 11) is 0. The topological polar surface area (TPSA) is 81.2 Å². The zero-order valence-electron chi connectivity index (χ0n) is 8.84. The average Bonchev–Trinajstić information content (AvgIpc) is 2.67. The van der Waals surface area contributed by atoms with E-state index in [1.54, 1.807) is 10.6 Å². The van der Waals surface area contributed by atoms with Gasteiger partial charge in [0, 0.05) is 18.7 Å². The van der Waals surface area contributed by atoms with Gasteiger partial charge in [-0.1, -0.05) is 0 Å². The lowest BCUT2D eigenvalue weighted by molar-refractivity contribution is -0.384. The van der Waals surface area contributed by atoms with E-state index in [0.29, 0.717) is 17.9 Å². The van der Waals surface area contributed by atoms with Crippen molar-refractivity contribution >= 4 is 28.3 Å². The first kappa shape index (κ1) is 11.8. The monoisotopic (exact) mass is 255 g/mol. The number of aliphatic hydroxyl groups excluding tert-OH is 1. The fraction of sp³-hybridized carbons (Fsp3) is 0.300. The van der Waals surface area contributed by atoms with Gasteiger partial charge in [0.1, 0.15) is 5.82 Å². The zero-order chi connectivity index (χ0) is 12.4. The van der Waals surface area contributed by atoms with Crippen LogP contribution >= 0.6 is 11.6 Å². The minimum atomic E-state index is -0.467. The summed E-state index contributed by atoms with van der Waals surface area (Å²) in [4.78, 5) is 14.4. The molecule has 0 aliphatic rings. The van der Waals surface area contributed by atoms with Gasteiger partial charge in [-0.2, -0.15) is 0 Å². The van der Waals surface area contributed by atoms with E-state index in [2.05, 4.69) is 4.98 Å². The Morgan fingerprint density at radius 3 is 2.88 bits per heavy atom. The molecule has 1 aromatic carbocycles. The molecule has 90 valence electrons. The van der Waals surface area contributed by atoms with Crippen molar-refractivity contribution in [3.8, 4) is 0 Å². The van der Waals surface area contributed by atoms with Crippen LogP contribution < -0.4 is 0 Å². The Balaban J connectivity index is 2.61. The van der Waals surface area contributed by atoms with Crippen molar-refractivity contribution in [2.45, 2.75) is 12.4 Å². The molecule has 2 aromatic rings. The Hall–Kier alpha value is -1.66. The summed E-state index contributed by atoms with van der Waals surface area (Å²) >= 11 is 5.74. The molecule has 17 heavy (non-hydrogen) atoms. The number of hydrogen-bond donors (Lipinski definition) is 1. The van der Waals surface area contributed by atoms with Gasteiger partial charge in [0.2, 0.25) is 0 Å². The number of benzene rings is 1. The minimum Gasteiger partial charge on any atom is -0.395 e. The van der Waals surface area contributed by atoms with Gasteiger partial charge in [-0.25, -0.2) is 4.98 Å².